The average Bonchev–Trinajstić information content (AvgIpc) is 2.61. The van der Waals surface area contributed by atoms with Crippen LogP contribution in [0.3, 0.4) is 0 Å². The van der Waals surface area contributed by atoms with E-state index in [1.807, 2.05) is 13.0 Å². The Hall–Kier alpha value is -1.40. The zero-order valence-corrected chi connectivity index (χ0v) is 15.0. The molecule has 1 saturated heterocycles. The summed E-state index contributed by atoms with van der Waals surface area (Å²) >= 11 is 0. The molecule has 0 aromatic heterocycles. The van der Waals surface area contributed by atoms with E-state index in [1.54, 1.807) is 7.05 Å². The molecule has 1 amide bonds. The highest BCUT2D eigenvalue weighted by Crippen LogP contribution is 2.20. The van der Waals surface area contributed by atoms with Gasteiger partial charge in [0, 0.05) is 50.5 Å². The Labute approximate surface area is 145 Å². The Bertz CT molecular complexity index is 462. The maximum Gasteiger partial charge on any atom is 0.265 e. The molecule has 2 fully saturated rings. The molecular weight excluding hydrogens is 304 g/mol. The van der Waals surface area contributed by atoms with E-state index >= 15 is 0 Å². The highest BCUT2D eigenvalue weighted by atomic mass is 16.5. The van der Waals surface area contributed by atoms with Crippen LogP contribution in [0.2, 0.25) is 0 Å². The second-order valence-corrected chi connectivity index (χ2v) is 6.79. The Morgan fingerprint density at radius 1 is 1.12 bits per heavy atom. The van der Waals surface area contributed by atoms with Gasteiger partial charge in [0.1, 0.15) is 5.71 Å². The summed E-state index contributed by atoms with van der Waals surface area (Å²) in [6, 6.07) is 1.41. The molecule has 1 heterocycles. The van der Waals surface area contributed by atoms with Crippen molar-refractivity contribution in [2.24, 2.45) is 10.7 Å². The summed E-state index contributed by atoms with van der Waals surface area (Å²) in [4.78, 5) is 16.4. The summed E-state index contributed by atoms with van der Waals surface area (Å²) in [6.45, 7) is 3.61. The van der Waals surface area contributed by atoms with Gasteiger partial charge >= 0.3 is 0 Å². The molecule has 0 unspecified atom stereocenters. The van der Waals surface area contributed by atoms with Gasteiger partial charge in [-0.2, -0.15) is 0 Å². The number of nitrogens with two attached hydrogens (primary N) is 1. The number of ether oxygens (including phenoxy) is 1. The van der Waals surface area contributed by atoms with Crippen LogP contribution in [0.15, 0.2) is 16.8 Å². The normalized spacial score (nSPS) is 27.1. The zero-order chi connectivity index (χ0) is 17.4. The van der Waals surface area contributed by atoms with Gasteiger partial charge in [0.25, 0.3) is 5.91 Å². The lowest BCUT2D eigenvalue weighted by Crippen LogP contribution is -2.47. The molecule has 0 spiro atoms. The molecule has 2 aliphatic rings. The van der Waals surface area contributed by atoms with Crippen molar-refractivity contribution < 1.29 is 9.53 Å². The molecule has 0 aromatic carbocycles. The summed E-state index contributed by atoms with van der Waals surface area (Å²) in [6.07, 6.45) is 8.70. The topological polar surface area (TPSA) is 88.7 Å². The molecule has 0 aromatic rings. The van der Waals surface area contributed by atoms with Crippen molar-refractivity contribution >= 4 is 11.6 Å². The molecule has 6 heteroatoms. The lowest BCUT2D eigenvalue weighted by atomic mass is 9.90. The zero-order valence-electron chi connectivity index (χ0n) is 15.0. The van der Waals surface area contributed by atoms with Gasteiger partial charge in [-0.05, 0) is 45.4 Å². The Balaban J connectivity index is 1.72. The van der Waals surface area contributed by atoms with E-state index in [0.717, 1.165) is 51.7 Å². The smallest absolute Gasteiger partial charge is 0.265 e. The molecule has 0 bridgehead atoms. The fourth-order valence-corrected chi connectivity index (χ4v) is 3.43. The van der Waals surface area contributed by atoms with Crippen molar-refractivity contribution in [2.75, 3.05) is 20.3 Å². The fourth-order valence-electron chi connectivity index (χ4n) is 3.43. The molecule has 1 saturated carbocycles. The second-order valence-electron chi connectivity index (χ2n) is 6.79. The first-order chi connectivity index (χ1) is 11.6. The third-order valence-corrected chi connectivity index (χ3v) is 5.03. The van der Waals surface area contributed by atoms with E-state index < -0.39 is 0 Å². The number of rotatable bonds is 6. The first-order valence-corrected chi connectivity index (χ1v) is 9.13. The molecule has 2 rings (SSSR count). The van der Waals surface area contributed by atoms with Crippen LogP contribution in [0.1, 0.15) is 51.9 Å². The first-order valence-electron chi connectivity index (χ1n) is 9.13. The average molecular weight is 336 g/mol. The number of hydrogen-bond donors (Lipinski definition) is 3. The molecule has 6 nitrogen and oxygen atoms in total. The number of aliphatic imine (C=N–C) groups is 1. The van der Waals surface area contributed by atoms with Crippen LogP contribution in [-0.4, -0.2) is 50.0 Å². The first kappa shape index (κ1) is 18.9. The van der Waals surface area contributed by atoms with Crippen molar-refractivity contribution in [3.05, 3.63) is 11.8 Å². The highest BCUT2D eigenvalue weighted by Gasteiger charge is 2.25. The quantitative estimate of drug-likeness (QED) is 0.642. The summed E-state index contributed by atoms with van der Waals surface area (Å²) in [5.74, 6) is -0.0804. The minimum absolute atomic E-state index is 0.0804. The molecule has 0 atom stereocenters. The van der Waals surface area contributed by atoms with Crippen molar-refractivity contribution in [1.82, 2.24) is 10.6 Å². The summed E-state index contributed by atoms with van der Waals surface area (Å²) in [7, 11) is 1.65. The minimum Gasteiger partial charge on any atom is -0.402 e. The molecule has 1 aliphatic heterocycles. The van der Waals surface area contributed by atoms with Gasteiger partial charge < -0.3 is 21.1 Å². The van der Waals surface area contributed by atoms with E-state index in [9.17, 15) is 4.79 Å². The molecule has 0 radical (unpaired) electrons. The predicted molar refractivity (Wildman–Crippen MR) is 97.1 cm³/mol. The summed E-state index contributed by atoms with van der Waals surface area (Å²) in [5.41, 5.74) is 6.99. The Kier molecular flexibility index (Phi) is 7.72. The maximum absolute atomic E-state index is 12.3. The van der Waals surface area contributed by atoms with E-state index in [1.165, 1.54) is 0 Å². The number of allylic oxidation sites excluding steroid dienone is 2. The third-order valence-electron chi connectivity index (χ3n) is 5.03. The van der Waals surface area contributed by atoms with E-state index in [0.29, 0.717) is 29.9 Å². The van der Waals surface area contributed by atoms with Crippen LogP contribution in [0, 0.1) is 0 Å². The molecule has 4 N–H and O–H groups in total. The Morgan fingerprint density at radius 2 is 1.71 bits per heavy atom. The van der Waals surface area contributed by atoms with Crippen LogP contribution in [0.5, 0.6) is 0 Å². The fraction of sp³-hybridized carbons (Fsp3) is 0.778. The van der Waals surface area contributed by atoms with Gasteiger partial charge in [-0.1, -0.05) is 6.08 Å². The molecule has 136 valence electrons. The van der Waals surface area contributed by atoms with Crippen LogP contribution in [0.25, 0.3) is 0 Å². The number of nitrogens with zero attached hydrogens (tertiary/aromatic N) is 1. The second kappa shape index (κ2) is 9.79. The largest absolute Gasteiger partial charge is 0.402 e. The van der Waals surface area contributed by atoms with Crippen molar-refractivity contribution in [3.63, 3.8) is 0 Å². The van der Waals surface area contributed by atoms with Gasteiger partial charge in [-0.25, -0.2) is 0 Å². The number of nitrogens with one attached hydrogen (secondary N) is 2. The maximum atomic E-state index is 12.3. The third kappa shape index (κ3) is 5.91. The van der Waals surface area contributed by atoms with Crippen LogP contribution in [-0.2, 0) is 9.53 Å². The van der Waals surface area contributed by atoms with Crippen LogP contribution in [0.4, 0.5) is 0 Å². The van der Waals surface area contributed by atoms with Crippen LogP contribution >= 0.6 is 0 Å². The Morgan fingerprint density at radius 3 is 2.29 bits per heavy atom. The van der Waals surface area contributed by atoms with Gasteiger partial charge in [-0.3, -0.25) is 9.79 Å². The van der Waals surface area contributed by atoms with E-state index in [-0.39, 0.29) is 11.9 Å². The van der Waals surface area contributed by atoms with Crippen molar-refractivity contribution in [3.8, 4) is 0 Å². The van der Waals surface area contributed by atoms with Gasteiger partial charge in [0.2, 0.25) is 0 Å². The van der Waals surface area contributed by atoms with Crippen molar-refractivity contribution in [1.29, 1.82) is 0 Å². The van der Waals surface area contributed by atoms with Crippen LogP contribution < -0.4 is 16.4 Å². The number of hydrogen-bond acceptors (Lipinski definition) is 5. The lowest BCUT2D eigenvalue weighted by Gasteiger charge is -2.34. The van der Waals surface area contributed by atoms with Gasteiger partial charge in [-0.15, -0.1) is 0 Å². The molecule has 1 aliphatic carbocycles. The standard InChI is InChI=1S/C18H32N4O2/c1-3-13(19)12-17(20-2)18(23)22-15-6-4-14(5-7-15)21-16-8-10-24-11-9-16/h3,14-16,21H,4-12,19H2,1-2H3,(H,22,23)/b13-3+,20-17?. The van der Waals surface area contributed by atoms with E-state index in [2.05, 4.69) is 15.6 Å². The number of carbonyl (C=O) groups is 1. The number of carbonyl (C=O) groups excluding carboxylic acids is 1. The molecule has 24 heavy (non-hydrogen) atoms. The minimum atomic E-state index is -0.0804. The predicted octanol–water partition coefficient (Wildman–Crippen LogP) is 1.51. The van der Waals surface area contributed by atoms with Gasteiger partial charge in [0.05, 0.1) is 0 Å². The summed E-state index contributed by atoms with van der Waals surface area (Å²) < 4.78 is 5.41. The highest BCUT2D eigenvalue weighted by molar-refractivity contribution is 6.39. The SMILES string of the molecule is C/C=C(/N)CC(=NC)C(=O)NC1CCC(NC2CCOCC2)CC1. The summed E-state index contributed by atoms with van der Waals surface area (Å²) in [5, 5.41) is 6.88. The monoisotopic (exact) mass is 336 g/mol. The van der Waals surface area contributed by atoms with Gasteiger partial charge in [0.15, 0.2) is 0 Å². The van der Waals surface area contributed by atoms with E-state index in [4.69, 9.17) is 10.5 Å². The number of amides is 1. The molecular formula is C18H32N4O2. The van der Waals surface area contributed by atoms with Crippen molar-refractivity contribution in [2.45, 2.75) is 70.0 Å². The lowest BCUT2D eigenvalue weighted by molar-refractivity contribution is -0.115.